The van der Waals surface area contributed by atoms with E-state index in [0.29, 0.717) is 30.8 Å². The van der Waals surface area contributed by atoms with Crippen molar-refractivity contribution in [2.75, 3.05) is 20.1 Å². The summed E-state index contributed by atoms with van der Waals surface area (Å²) in [6, 6.07) is 19.3. The van der Waals surface area contributed by atoms with Crippen LogP contribution in [0.3, 0.4) is 0 Å². The molecule has 38 heavy (non-hydrogen) atoms. The van der Waals surface area contributed by atoms with Gasteiger partial charge in [-0.3, -0.25) is 14.4 Å². The van der Waals surface area contributed by atoms with Gasteiger partial charge in [-0.25, -0.2) is 0 Å². The van der Waals surface area contributed by atoms with E-state index in [1.807, 2.05) is 55.5 Å². The second kappa shape index (κ2) is 12.4. The Morgan fingerprint density at radius 1 is 1.00 bits per heavy atom. The lowest BCUT2D eigenvalue weighted by molar-refractivity contribution is -0.156. The van der Waals surface area contributed by atoms with Gasteiger partial charge in [0.05, 0.1) is 6.04 Å². The number of halogens is 1. The Kier molecular flexibility index (Phi) is 9.02. The Morgan fingerprint density at radius 3 is 2.37 bits per heavy atom. The average Bonchev–Trinajstić information content (AvgIpc) is 2.93. The van der Waals surface area contributed by atoms with Crippen LogP contribution in [0.1, 0.15) is 30.9 Å². The number of nitrogens with one attached hydrogen (secondary N) is 1. The summed E-state index contributed by atoms with van der Waals surface area (Å²) in [7, 11) is 1.58. The van der Waals surface area contributed by atoms with Crippen LogP contribution in [0.2, 0.25) is 5.02 Å². The molecule has 3 amide bonds. The highest BCUT2D eigenvalue weighted by molar-refractivity contribution is 6.30. The molecule has 2 unspecified atom stereocenters. The van der Waals surface area contributed by atoms with E-state index in [9.17, 15) is 14.4 Å². The van der Waals surface area contributed by atoms with Crippen LogP contribution < -0.4 is 11.1 Å². The number of fused-ring (bicyclic) bond motifs is 1. The quantitative estimate of drug-likeness (QED) is 0.439. The van der Waals surface area contributed by atoms with Crippen LogP contribution in [0.25, 0.3) is 10.8 Å². The summed E-state index contributed by atoms with van der Waals surface area (Å²) in [5.41, 5.74) is 8.20. The first-order valence-electron chi connectivity index (χ1n) is 13.1. The number of carbonyl (C=O) groups is 3. The molecule has 0 spiro atoms. The molecule has 0 saturated carbocycles. The molecular formula is C30H35ClN4O3. The fraction of sp³-hybridized carbons (Fsp3) is 0.367. The molecule has 8 heteroatoms. The third kappa shape index (κ3) is 6.17. The Labute approximate surface area is 228 Å². The van der Waals surface area contributed by atoms with Crippen LogP contribution in [-0.2, 0) is 27.2 Å². The number of hydrogen-bond acceptors (Lipinski definition) is 4. The topological polar surface area (TPSA) is 95.7 Å². The fourth-order valence-electron chi connectivity index (χ4n) is 5.21. The van der Waals surface area contributed by atoms with Gasteiger partial charge in [0.15, 0.2) is 0 Å². The van der Waals surface area contributed by atoms with Gasteiger partial charge in [0.25, 0.3) is 0 Å². The molecule has 200 valence electrons. The van der Waals surface area contributed by atoms with E-state index in [2.05, 4.69) is 11.4 Å². The highest BCUT2D eigenvalue weighted by Crippen LogP contribution is 2.23. The van der Waals surface area contributed by atoms with Gasteiger partial charge in [-0.05, 0) is 46.9 Å². The number of hydrogen-bond donors (Lipinski definition) is 2. The van der Waals surface area contributed by atoms with Crippen molar-refractivity contribution in [3.8, 4) is 0 Å². The summed E-state index contributed by atoms with van der Waals surface area (Å²) in [5, 5.41) is 5.55. The maximum absolute atomic E-state index is 13.8. The van der Waals surface area contributed by atoms with Gasteiger partial charge in [0.2, 0.25) is 17.7 Å². The molecule has 0 aliphatic carbocycles. The predicted molar refractivity (Wildman–Crippen MR) is 151 cm³/mol. The smallest absolute Gasteiger partial charge is 0.246 e. The van der Waals surface area contributed by atoms with E-state index in [1.165, 1.54) is 0 Å². The molecule has 1 fully saturated rings. The van der Waals surface area contributed by atoms with Crippen molar-refractivity contribution >= 4 is 40.1 Å². The number of rotatable bonds is 9. The standard InChI is InChI=1S/C30H35ClN4O3/c1-3-6-26-30(38)35(16-15-34(26)29(37)25(32)18-20-10-13-24(31)14-11-20)27(28(36)33-2)19-21-9-12-22-7-4-5-8-23(22)17-21/h4-5,7-14,17,25-27H,3,6,15-16,18-19,32H2,1-2H3,(H,33,36)/t25?,26-,27?/m0/s1. The van der Waals surface area contributed by atoms with Crippen molar-refractivity contribution in [1.82, 2.24) is 15.1 Å². The number of nitrogens with zero attached hydrogens (tertiary/aromatic N) is 2. The van der Waals surface area contributed by atoms with Crippen molar-refractivity contribution in [2.45, 2.75) is 50.7 Å². The van der Waals surface area contributed by atoms with Crippen LogP contribution >= 0.6 is 11.6 Å². The molecule has 1 saturated heterocycles. The van der Waals surface area contributed by atoms with E-state index in [4.69, 9.17) is 17.3 Å². The Morgan fingerprint density at radius 2 is 1.68 bits per heavy atom. The van der Waals surface area contributed by atoms with Crippen molar-refractivity contribution in [3.05, 3.63) is 82.9 Å². The molecule has 3 atom stereocenters. The molecule has 4 rings (SSSR count). The molecular weight excluding hydrogens is 500 g/mol. The van der Waals surface area contributed by atoms with E-state index in [1.54, 1.807) is 29.0 Å². The lowest BCUT2D eigenvalue weighted by atomic mass is 9.96. The van der Waals surface area contributed by atoms with Crippen LogP contribution in [0.5, 0.6) is 0 Å². The zero-order chi connectivity index (χ0) is 27.2. The molecule has 3 aromatic carbocycles. The maximum atomic E-state index is 13.8. The van der Waals surface area contributed by atoms with Crippen molar-refractivity contribution < 1.29 is 14.4 Å². The number of benzene rings is 3. The first kappa shape index (κ1) is 27.6. The molecule has 0 aromatic heterocycles. The average molecular weight is 535 g/mol. The van der Waals surface area contributed by atoms with E-state index in [-0.39, 0.29) is 24.3 Å². The van der Waals surface area contributed by atoms with Crippen LogP contribution in [-0.4, -0.2) is 65.8 Å². The van der Waals surface area contributed by atoms with Crippen molar-refractivity contribution in [2.24, 2.45) is 5.73 Å². The summed E-state index contributed by atoms with van der Waals surface area (Å²) < 4.78 is 0. The predicted octanol–water partition coefficient (Wildman–Crippen LogP) is 3.56. The first-order chi connectivity index (χ1) is 18.3. The largest absolute Gasteiger partial charge is 0.357 e. The van der Waals surface area contributed by atoms with Crippen molar-refractivity contribution in [1.29, 1.82) is 0 Å². The molecule has 1 aliphatic rings. The van der Waals surface area contributed by atoms with Gasteiger partial charge in [-0.2, -0.15) is 0 Å². The highest BCUT2D eigenvalue weighted by Gasteiger charge is 2.42. The summed E-state index contributed by atoms with van der Waals surface area (Å²) in [4.78, 5) is 43.5. The van der Waals surface area contributed by atoms with Gasteiger partial charge >= 0.3 is 0 Å². The summed E-state index contributed by atoms with van der Waals surface area (Å²) >= 11 is 5.97. The minimum absolute atomic E-state index is 0.209. The molecule has 0 bridgehead atoms. The SMILES string of the molecule is CCC[C@H]1C(=O)N(C(Cc2ccc3ccccc3c2)C(=O)NC)CCN1C(=O)C(N)Cc1ccc(Cl)cc1. The Bertz CT molecular complexity index is 1300. The number of carbonyl (C=O) groups excluding carboxylic acids is 3. The minimum Gasteiger partial charge on any atom is -0.357 e. The molecule has 3 N–H and O–H groups in total. The van der Waals surface area contributed by atoms with Gasteiger partial charge < -0.3 is 20.9 Å². The second-order valence-electron chi connectivity index (χ2n) is 9.82. The van der Waals surface area contributed by atoms with E-state index >= 15 is 0 Å². The van der Waals surface area contributed by atoms with E-state index in [0.717, 1.165) is 28.3 Å². The number of likely N-dealkylation sites (N-methyl/N-ethyl adjacent to an activating group) is 1. The van der Waals surface area contributed by atoms with Crippen molar-refractivity contribution in [3.63, 3.8) is 0 Å². The minimum atomic E-state index is -0.776. The fourth-order valence-corrected chi connectivity index (χ4v) is 5.33. The Balaban J connectivity index is 1.53. The maximum Gasteiger partial charge on any atom is 0.246 e. The van der Waals surface area contributed by atoms with Gasteiger partial charge in [0, 0.05) is 31.6 Å². The third-order valence-electron chi connectivity index (χ3n) is 7.23. The monoisotopic (exact) mass is 534 g/mol. The lowest BCUT2D eigenvalue weighted by Gasteiger charge is -2.44. The zero-order valence-corrected chi connectivity index (χ0v) is 22.7. The first-order valence-corrected chi connectivity index (χ1v) is 13.5. The van der Waals surface area contributed by atoms with E-state index < -0.39 is 18.1 Å². The summed E-state index contributed by atoms with van der Waals surface area (Å²) in [5.74, 6) is -0.682. The lowest BCUT2D eigenvalue weighted by Crippen LogP contribution is -2.65. The second-order valence-corrected chi connectivity index (χ2v) is 10.3. The summed E-state index contributed by atoms with van der Waals surface area (Å²) in [6.07, 6.45) is 1.96. The number of nitrogens with two attached hydrogens (primary N) is 1. The molecule has 0 radical (unpaired) electrons. The highest BCUT2D eigenvalue weighted by atomic mass is 35.5. The van der Waals surface area contributed by atoms with Gasteiger partial charge in [-0.1, -0.05) is 79.5 Å². The molecule has 3 aromatic rings. The molecule has 7 nitrogen and oxygen atoms in total. The summed E-state index contributed by atoms with van der Waals surface area (Å²) in [6.45, 7) is 2.58. The molecule has 1 aliphatic heterocycles. The normalized spacial score (nSPS) is 17.4. The third-order valence-corrected chi connectivity index (χ3v) is 7.48. The number of amides is 3. The zero-order valence-electron chi connectivity index (χ0n) is 21.9. The van der Waals surface area contributed by atoms with Gasteiger partial charge in [0.1, 0.15) is 12.1 Å². The van der Waals surface area contributed by atoms with Crippen LogP contribution in [0.4, 0.5) is 0 Å². The van der Waals surface area contributed by atoms with Crippen LogP contribution in [0, 0.1) is 0 Å². The Hall–Kier alpha value is -3.42. The van der Waals surface area contributed by atoms with Gasteiger partial charge in [-0.15, -0.1) is 0 Å². The number of piperazine rings is 1. The molecule has 1 heterocycles. The van der Waals surface area contributed by atoms with Crippen LogP contribution in [0.15, 0.2) is 66.7 Å².